The van der Waals surface area contributed by atoms with E-state index in [2.05, 4.69) is 6.92 Å². The molecule has 2 nitrogen and oxygen atoms in total. The number of hydrogen-bond donors (Lipinski definition) is 0. The maximum atomic E-state index is 12.2. The van der Waals surface area contributed by atoms with Gasteiger partial charge in [0.05, 0.1) is 0 Å². The van der Waals surface area contributed by atoms with Gasteiger partial charge in [-0.3, -0.25) is 9.59 Å². The second kappa shape index (κ2) is 3.79. The third-order valence-corrected chi connectivity index (χ3v) is 5.45. The molecule has 0 aromatic carbocycles. The van der Waals surface area contributed by atoms with Crippen molar-refractivity contribution < 1.29 is 9.59 Å². The lowest BCUT2D eigenvalue weighted by atomic mass is 9.58. The standard InChI is InChI=1S/C15H20O2/c1-2-15-8-7-10-9-11(16)3-4-12(10)13(15)5-6-14(15)17/h9,12-13H,2-8H2,1H3. The fourth-order valence-corrected chi connectivity index (χ4v) is 4.52. The Morgan fingerprint density at radius 2 is 2.06 bits per heavy atom. The first-order valence-electron chi connectivity index (χ1n) is 6.94. The summed E-state index contributed by atoms with van der Waals surface area (Å²) in [6, 6.07) is 0. The molecular weight excluding hydrogens is 212 g/mol. The van der Waals surface area contributed by atoms with Crippen LogP contribution in [0, 0.1) is 17.3 Å². The van der Waals surface area contributed by atoms with E-state index in [-0.39, 0.29) is 5.41 Å². The zero-order valence-corrected chi connectivity index (χ0v) is 10.5. The van der Waals surface area contributed by atoms with Crippen molar-refractivity contribution in [3.63, 3.8) is 0 Å². The van der Waals surface area contributed by atoms with Crippen LogP contribution in [0.3, 0.4) is 0 Å². The summed E-state index contributed by atoms with van der Waals surface area (Å²) >= 11 is 0. The summed E-state index contributed by atoms with van der Waals surface area (Å²) < 4.78 is 0. The molecule has 0 amide bonds. The molecule has 2 heteroatoms. The van der Waals surface area contributed by atoms with E-state index in [4.69, 9.17) is 0 Å². The Kier molecular flexibility index (Phi) is 2.49. The van der Waals surface area contributed by atoms with Gasteiger partial charge < -0.3 is 0 Å². The predicted molar refractivity (Wildman–Crippen MR) is 65.5 cm³/mol. The van der Waals surface area contributed by atoms with Crippen LogP contribution >= 0.6 is 0 Å². The lowest BCUT2D eigenvalue weighted by Gasteiger charge is -2.45. The van der Waals surface area contributed by atoms with Gasteiger partial charge in [-0.25, -0.2) is 0 Å². The number of carbonyl (C=O) groups excluding carboxylic acids is 2. The van der Waals surface area contributed by atoms with Gasteiger partial charge in [-0.1, -0.05) is 12.5 Å². The number of fused-ring (bicyclic) bond motifs is 3. The third kappa shape index (κ3) is 1.46. The van der Waals surface area contributed by atoms with Crippen LogP contribution in [0.15, 0.2) is 11.6 Å². The van der Waals surface area contributed by atoms with Crippen LogP contribution in [0.25, 0.3) is 0 Å². The summed E-state index contributed by atoms with van der Waals surface area (Å²) in [7, 11) is 0. The normalized spacial score (nSPS) is 40.9. The van der Waals surface area contributed by atoms with Crippen LogP contribution in [0.5, 0.6) is 0 Å². The highest BCUT2D eigenvalue weighted by atomic mass is 16.1. The van der Waals surface area contributed by atoms with Crippen LogP contribution in [0.1, 0.15) is 51.9 Å². The van der Waals surface area contributed by atoms with Crippen molar-refractivity contribution in [2.24, 2.45) is 17.3 Å². The molecule has 3 atom stereocenters. The largest absolute Gasteiger partial charge is 0.299 e. The number of rotatable bonds is 1. The second-order valence-corrected chi connectivity index (χ2v) is 5.91. The Morgan fingerprint density at radius 3 is 2.82 bits per heavy atom. The third-order valence-electron chi connectivity index (χ3n) is 5.45. The molecule has 2 fully saturated rings. The molecule has 3 unspecified atom stereocenters. The minimum atomic E-state index is -0.0254. The quantitative estimate of drug-likeness (QED) is 0.696. The van der Waals surface area contributed by atoms with E-state index < -0.39 is 0 Å². The molecular formula is C15H20O2. The van der Waals surface area contributed by atoms with E-state index in [0.29, 0.717) is 29.8 Å². The highest BCUT2D eigenvalue weighted by molar-refractivity contribution is 5.92. The van der Waals surface area contributed by atoms with Gasteiger partial charge in [0.1, 0.15) is 5.78 Å². The van der Waals surface area contributed by atoms with Crippen molar-refractivity contribution in [2.75, 3.05) is 0 Å². The smallest absolute Gasteiger partial charge is 0.155 e. The van der Waals surface area contributed by atoms with E-state index in [0.717, 1.165) is 38.5 Å². The number of hydrogen-bond acceptors (Lipinski definition) is 2. The lowest BCUT2D eigenvalue weighted by molar-refractivity contribution is -0.129. The van der Waals surface area contributed by atoms with E-state index in [1.54, 1.807) is 0 Å². The zero-order chi connectivity index (χ0) is 12.0. The highest BCUT2D eigenvalue weighted by Gasteiger charge is 2.54. The molecule has 0 spiro atoms. The van der Waals surface area contributed by atoms with E-state index in [1.165, 1.54) is 5.57 Å². The zero-order valence-electron chi connectivity index (χ0n) is 10.5. The Balaban J connectivity index is 1.97. The molecule has 2 saturated carbocycles. The topological polar surface area (TPSA) is 34.1 Å². The Bertz CT molecular complexity index is 407. The van der Waals surface area contributed by atoms with Crippen molar-refractivity contribution in [3.8, 4) is 0 Å². The number of allylic oxidation sites excluding steroid dienone is 2. The molecule has 3 aliphatic rings. The first-order valence-corrected chi connectivity index (χ1v) is 6.94. The van der Waals surface area contributed by atoms with E-state index >= 15 is 0 Å². The fourth-order valence-electron chi connectivity index (χ4n) is 4.52. The van der Waals surface area contributed by atoms with Gasteiger partial charge in [0.15, 0.2) is 5.78 Å². The summed E-state index contributed by atoms with van der Waals surface area (Å²) in [6.07, 6.45) is 8.36. The minimum absolute atomic E-state index is 0.0254. The van der Waals surface area contributed by atoms with Crippen LogP contribution in [-0.4, -0.2) is 11.6 Å². The van der Waals surface area contributed by atoms with Crippen LogP contribution in [-0.2, 0) is 9.59 Å². The highest BCUT2D eigenvalue weighted by Crippen LogP contribution is 2.57. The summed E-state index contributed by atoms with van der Waals surface area (Å²) in [5.74, 6) is 1.87. The predicted octanol–water partition coefficient (Wildman–Crippen LogP) is 3.06. The number of carbonyl (C=O) groups is 2. The lowest BCUT2D eigenvalue weighted by Crippen LogP contribution is -2.41. The molecule has 0 aliphatic heterocycles. The van der Waals surface area contributed by atoms with Gasteiger partial charge >= 0.3 is 0 Å². The average molecular weight is 232 g/mol. The second-order valence-electron chi connectivity index (χ2n) is 5.91. The SMILES string of the molecule is CCC12CCC3=CC(=O)CCC3C1CCC2=O. The first kappa shape index (κ1) is 11.2. The molecule has 92 valence electrons. The molecule has 0 bridgehead atoms. The van der Waals surface area contributed by atoms with Crippen molar-refractivity contribution in [2.45, 2.75) is 51.9 Å². The average Bonchev–Trinajstić information content (AvgIpc) is 2.67. The van der Waals surface area contributed by atoms with Gasteiger partial charge in [-0.05, 0) is 50.0 Å². The Morgan fingerprint density at radius 1 is 1.24 bits per heavy atom. The van der Waals surface area contributed by atoms with E-state index in [1.807, 2.05) is 6.08 Å². The molecule has 0 heterocycles. The summed E-state index contributed by atoms with van der Waals surface area (Å²) in [4.78, 5) is 23.7. The number of Topliss-reactive ketones (excluding diaryl/α,β-unsaturated/α-hetero) is 1. The molecule has 0 saturated heterocycles. The van der Waals surface area contributed by atoms with E-state index in [9.17, 15) is 9.59 Å². The maximum absolute atomic E-state index is 12.2. The molecule has 0 aromatic heterocycles. The van der Waals surface area contributed by atoms with Gasteiger partial charge in [0.25, 0.3) is 0 Å². The van der Waals surface area contributed by atoms with Crippen molar-refractivity contribution in [1.82, 2.24) is 0 Å². The van der Waals surface area contributed by atoms with Crippen molar-refractivity contribution in [1.29, 1.82) is 0 Å². The maximum Gasteiger partial charge on any atom is 0.155 e. The Hall–Kier alpha value is -0.920. The van der Waals surface area contributed by atoms with Crippen LogP contribution in [0.2, 0.25) is 0 Å². The summed E-state index contributed by atoms with van der Waals surface area (Å²) in [6.45, 7) is 2.17. The monoisotopic (exact) mass is 232 g/mol. The van der Waals surface area contributed by atoms with Crippen molar-refractivity contribution >= 4 is 11.6 Å². The van der Waals surface area contributed by atoms with Gasteiger partial charge in [0.2, 0.25) is 0 Å². The molecule has 3 aliphatic carbocycles. The molecule has 3 rings (SSSR count). The van der Waals surface area contributed by atoms with Gasteiger partial charge in [-0.15, -0.1) is 0 Å². The summed E-state index contributed by atoms with van der Waals surface area (Å²) in [5, 5.41) is 0. The van der Waals surface area contributed by atoms with Crippen LogP contribution < -0.4 is 0 Å². The Labute approximate surface area is 102 Å². The van der Waals surface area contributed by atoms with Crippen molar-refractivity contribution in [3.05, 3.63) is 11.6 Å². The van der Waals surface area contributed by atoms with Crippen LogP contribution in [0.4, 0.5) is 0 Å². The molecule has 0 N–H and O–H groups in total. The number of ketones is 2. The first-order chi connectivity index (χ1) is 8.17. The van der Waals surface area contributed by atoms with Gasteiger partial charge in [-0.2, -0.15) is 0 Å². The molecule has 0 aromatic rings. The fraction of sp³-hybridized carbons (Fsp3) is 0.733. The molecule has 0 radical (unpaired) electrons. The minimum Gasteiger partial charge on any atom is -0.299 e. The summed E-state index contributed by atoms with van der Waals surface area (Å²) in [5.41, 5.74) is 1.33. The molecule has 17 heavy (non-hydrogen) atoms. The van der Waals surface area contributed by atoms with Gasteiger partial charge in [0, 0.05) is 18.3 Å².